The summed E-state index contributed by atoms with van der Waals surface area (Å²) in [6.07, 6.45) is 2.10. The number of benzene rings is 1. The smallest absolute Gasteiger partial charge is 0.325 e. The number of aryl methyl sites for hydroxylation is 1. The van der Waals surface area contributed by atoms with Crippen LogP contribution in [0.1, 0.15) is 24.5 Å². The van der Waals surface area contributed by atoms with E-state index in [0.717, 1.165) is 19.3 Å². The number of nitrogens with one attached hydrogen (secondary N) is 1. The van der Waals surface area contributed by atoms with E-state index < -0.39 is 18.1 Å². The van der Waals surface area contributed by atoms with Crippen molar-refractivity contribution in [1.29, 1.82) is 0 Å². The minimum atomic E-state index is -0.760. The molecule has 1 aromatic rings. The number of methoxy groups -OCH3 is 1. The SMILES string of the molecule is COC(=O)[C@H](N[C@H]1CCc2ccccc2C1)[C@@H](C)O. The summed E-state index contributed by atoms with van der Waals surface area (Å²) in [4.78, 5) is 11.6. The van der Waals surface area contributed by atoms with E-state index in [4.69, 9.17) is 4.74 Å². The van der Waals surface area contributed by atoms with Crippen LogP contribution >= 0.6 is 0 Å². The van der Waals surface area contributed by atoms with Gasteiger partial charge in [-0.05, 0) is 37.3 Å². The van der Waals surface area contributed by atoms with Crippen molar-refractivity contribution in [2.75, 3.05) is 7.11 Å². The van der Waals surface area contributed by atoms with Gasteiger partial charge in [0, 0.05) is 6.04 Å². The van der Waals surface area contributed by atoms with Crippen LogP contribution in [-0.4, -0.2) is 36.4 Å². The van der Waals surface area contributed by atoms with E-state index >= 15 is 0 Å². The molecule has 0 fully saturated rings. The van der Waals surface area contributed by atoms with Gasteiger partial charge in [-0.3, -0.25) is 10.1 Å². The van der Waals surface area contributed by atoms with Crippen LogP contribution in [0.3, 0.4) is 0 Å². The molecule has 104 valence electrons. The first-order valence-electron chi connectivity index (χ1n) is 6.70. The van der Waals surface area contributed by atoms with E-state index in [1.807, 2.05) is 6.07 Å². The van der Waals surface area contributed by atoms with E-state index in [1.165, 1.54) is 18.2 Å². The molecule has 3 atom stereocenters. The Morgan fingerprint density at radius 2 is 2.11 bits per heavy atom. The fourth-order valence-corrected chi connectivity index (χ4v) is 2.63. The summed E-state index contributed by atoms with van der Waals surface area (Å²) in [6.45, 7) is 1.60. The standard InChI is InChI=1S/C15H21NO3/c1-10(17)14(15(18)19-2)16-13-8-7-11-5-3-4-6-12(11)9-13/h3-6,10,13-14,16-17H,7-9H2,1-2H3/t10-,13+,14-/m1/s1. The predicted octanol–water partition coefficient (Wildman–Crippen LogP) is 1.06. The van der Waals surface area contributed by atoms with Gasteiger partial charge in [0.1, 0.15) is 6.04 Å². The molecular formula is C15H21NO3. The van der Waals surface area contributed by atoms with Crippen LogP contribution in [0, 0.1) is 0 Å². The van der Waals surface area contributed by atoms with Crippen molar-refractivity contribution in [3.63, 3.8) is 0 Å². The van der Waals surface area contributed by atoms with Crippen molar-refractivity contribution in [2.24, 2.45) is 0 Å². The highest BCUT2D eigenvalue weighted by Gasteiger charge is 2.28. The second kappa shape index (κ2) is 6.17. The van der Waals surface area contributed by atoms with Crippen molar-refractivity contribution in [2.45, 2.75) is 44.4 Å². The van der Waals surface area contributed by atoms with Gasteiger partial charge < -0.3 is 9.84 Å². The lowest BCUT2D eigenvalue weighted by Gasteiger charge is -2.29. The molecule has 0 aromatic heterocycles. The molecule has 1 aliphatic carbocycles. The maximum Gasteiger partial charge on any atom is 0.325 e. The number of carbonyl (C=O) groups is 1. The highest BCUT2D eigenvalue weighted by molar-refractivity contribution is 5.76. The maximum atomic E-state index is 11.6. The van der Waals surface area contributed by atoms with Crippen LogP contribution in [0.15, 0.2) is 24.3 Å². The lowest BCUT2D eigenvalue weighted by molar-refractivity contribution is -0.146. The molecular weight excluding hydrogens is 242 g/mol. The summed E-state index contributed by atoms with van der Waals surface area (Å²) in [6, 6.07) is 7.91. The molecule has 1 aliphatic rings. The molecule has 1 aromatic carbocycles. The van der Waals surface area contributed by atoms with Crippen molar-refractivity contribution < 1.29 is 14.6 Å². The second-order valence-electron chi connectivity index (χ2n) is 5.12. The van der Waals surface area contributed by atoms with Gasteiger partial charge in [-0.1, -0.05) is 24.3 Å². The van der Waals surface area contributed by atoms with Crippen molar-refractivity contribution in [3.8, 4) is 0 Å². The summed E-state index contributed by atoms with van der Waals surface area (Å²) in [7, 11) is 1.34. The predicted molar refractivity (Wildman–Crippen MR) is 72.9 cm³/mol. The Labute approximate surface area is 113 Å². The number of fused-ring (bicyclic) bond motifs is 1. The third-order valence-corrected chi connectivity index (χ3v) is 3.70. The van der Waals surface area contributed by atoms with E-state index in [9.17, 15) is 9.90 Å². The minimum Gasteiger partial charge on any atom is -0.468 e. The van der Waals surface area contributed by atoms with Crippen molar-refractivity contribution in [3.05, 3.63) is 35.4 Å². The molecule has 0 amide bonds. The van der Waals surface area contributed by atoms with Gasteiger partial charge in [-0.25, -0.2) is 0 Å². The van der Waals surface area contributed by atoms with Gasteiger partial charge >= 0.3 is 5.97 Å². The molecule has 0 saturated carbocycles. The average Bonchev–Trinajstić information content (AvgIpc) is 2.43. The van der Waals surface area contributed by atoms with Gasteiger partial charge in [0.25, 0.3) is 0 Å². The zero-order chi connectivity index (χ0) is 13.8. The van der Waals surface area contributed by atoms with Crippen LogP contribution in [0.5, 0.6) is 0 Å². The second-order valence-corrected chi connectivity index (χ2v) is 5.12. The average molecular weight is 263 g/mol. The normalized spacial score (nSPS) is 21.3. The quantitative estimate of drug-likeness (QED) is 0.797. The Kier molecular flexibility index (Phi) is 4.56. The first-order chi connectivity index (χ1) is 9.11. The van der Waals surface area contributed by atoms with Crippen LogP contribution in [0.2, 0.25) is 0 Å². The molecule has 2 rings (SSSR count). The van der Waals surface area contributed by atoms with Gasteiger partial charge in [-0.15, -0.1) is 0 Å². The third kappa shape index (κ3) is 3.33. The number of ether oxygens (including phenoxy) is 1. The Bertz CT molecular complexity index is 445. The van der Waals surface area contributed by atoms with E-state index in [-0.39, 0.29) is 6.04 Å². The number of aliphatic hydroxyl groups is 1. The summed E-state index contributed by atoms with van der Waals surface area (Å²) >= 11 is 0. The molecule has 0 heterocycles. The van der Waals surface area contributed by atoms with E-state index in [2.05, 4.69) is 23.5 Å². The molecule has 0 aliphatic heterocycles. The molecule has 0 bridgehead atoms. The monoisotopic (exact) mass is 263 g/mol. The number of hydrogen-bond donors (Lipinski definition) is 2. The summed E-state index contributed by atoms with van der Waals surface area (Å²) in [5.74, 6) is -0.408. The number of esters is 1. The fraction of sp³-hybridized carbons (Fsp3) is 0.533. The Hall–Kier alpha value is -1.39. The Morgan fingerprint density at radius 1 is 1.42 bits per heavy atom. The van der Waals surface area contributed by atoms with Crippen LogP contribution in [0.4, 0.5) is 0 Å². The van der Waals surface area contributed by atoms with Crippen molar-refractivity contribution >= 4 is 5.97 Å². The zero-order valence-corrected chi connectivity index (χ0v) is 11.4. The van der Waals surface area contributed by atoms with Crippen LogP contribution in [-0.2, 0) is 22.4 Å². The van der Waals surface area contributed by atoms with E-state index in [1.54, 1.807) is 6.92 Å². The lowest BCUT2D eigenvalue weighted by Crippen LogP contribution is -2.51. The Balaban J connectivity index is 2.02. The maximum absolute atomic E-state index is 11.6. The highest BCUT2D eigenvalue weighted by atomic mass is 16.5. The number of rotatable bonds is 4. The number of hydrogen-bond acceptors (Lipinski definition) is 4. The number of carbonyl (C=O) groups excluding carboxylic acids is 1. The third-order valence-electron chi connectivity index (χ3n) is 3.70. The molecule has 4 heteroatoms. The lowest BCUT2D eigenvalue weighted by atomic mass is 9.88. The van der Waals surface area contributed by atoms with Gasteiger partial charge in [0.15, 0.2) is 0 Å². The molecule has 0 spiro atoms. The molecule has 2 N–H and O–H groups in total. The summed E-state index contributed by atoms with van der Waals surface area (Å²) in [5, 5.41) is 12.9. The summed E-state index contributed by atoms with van der Waals surface area (Å²) in [5.41, 5.74) is 2.70. The van der Waals surface area contributed by atoms with Crippen molar-refractivity contribution in [1.82, 2.24) is 5.32 Å². The fourth-order valence-electron chi connectivity index (χ4n) is 2.63. The molecule has 0 radical (unpaired) electrons. The van der Waals surface area contributed by atoms with Crippen LogP contribution in [0.25, 0.3) is 0 Å². The Morgan fingerprint density at radius 3 is 2.74 bits per heavy atom. The van der Waals surface area contributed by atoms with E-state index in [0.29, 0.717) is 0 Å². The minimum absolute atomic E-state index is 0.202. The zero-order valence-electron chi connectivity index (χ0n) is 11.4. The first-order valence-corrected chi connectivity index (χ1v) is 6.70. The topological polar surface area (TPSA) is 58.6 Å². The van der Waals surface area contributed by atoms with Gasteiger partial charge in [0.2, 0.25) is 0 Å². The van der Waals surface area contributed by atoms with Crippen LogP contribution < -0.4 is 5.32 Å². The molecule has 0 unspecified atom stereocenters. The largest absolute Gasteiger partial charge is 0.468 e. The molecule has 4 nitrogen and oxygen atoms in total. The number of aliphatic hydroxyl groups excluding tert-OH is 1. The first kappa shape index (κ1) is 14.0. The summed E-state index contributed by atoms with van der Waals surface area (Å²) < 4.78 is 4.72. The molecule has 19 heavy (non-hydrogen) atoms. The van der Waals surface area contributed by atoms with Gasteiger partial charge in [0.05, 0.1) is 13.2 Å². The van der Waals surface area contributed by atoms with Gasteiger partial charge in [-0.2, -0.15) is 0 Å². The molecule has 0 saturated heterocycles. The highest BCUT2D eigenvalue weighted by Crippen LogP contribution is 2.21.